The first-order valence-corrected chi connectivity index (χ1v) is 6.15. The van der Waals surface area contributed by atoms with Crippen molar-refractivity contribution >= 4 is 27.5 Å². The number of rotatable bonds is 0. The van der Waals surface area contributed by atoms with E-state index in [1.54, 1.807) is 6.92 Å². The molecule has 0 fully saturated rings. The predicted octanol–water partition coefficient (Wildman–Crippen LogP) is 2.50. The van der Waals surface area contributed by atoms with Gasteiger partial charge in [0.1, 0.15) is 0 Å². The van der Waals surface area contributed by atoms with E-state index in [0.29, 0.717) is 0 Å². The van der Waals surface area contributed by atoms with Crippen molar-refractivity contribution in [2.75, 3.05) is 12.3 Å². The number of nitrogens with two attached hydrogens (primary N) is 1. The quantitative estimate of drug-likeness (QED) is 0.744. The Morgan fingerprint density at radius 1 is 1.56 bits per heavy atom. The number of hydrogen-bond acceptors (Lipinski definition) is 2. The third-order valence-corrected chi connectivity index (χ3v) is 3.96. The van der Waals surface area contributed by atoms with Crippen LogP contribution in [0.1, 0.15) is 31.0 Å². The highest BCUT2D eigenvalue weighted by Gasteiger charge is 2.27. The van der Waals surface area contributed by atoms with Crippen LogP contribution in [-0.4, -0.2) is 17.4 Å². The van der Waals surface area contributed by atoms with Crippen LogP contribution in [0, 0.1) is 0 Å². The van der Waals surface area contributed by atoms with Crippen LogP contribution in [0.2, 0.25) is 0 Å². The Kier molecular flexibility index (Phi) is 2.93. The highest BCUT2D eigenvalue weighted by Crippen LogP contribution is 2.35. The zero-order valence-corrected chi connectivity index (χ0v) is 11.0. The zero-order chi connectivity index (χ0) is 11.9. The summed E-state index contributed by atoms with van der Waals surface area (Å²) in [6, 6.07) is 4.13. The van der Waals surface area contributed by atoms with Crippen LogP contribution < -0.4 is 5.73 Å². The number of benzene rings is 1. The molecule has 0 radical (unpaired) electrons. The van der Waals surface area contributed by atoms with Crippen LogP contribution in [0.4, 0.5) is 5.69 Å². The molecule has 1 aromatic rings. The molecule has 1 aromatic carbocycles. The number of nitrogen functional groups attached to an aromatic ring is 1. The zero-order valence-electron chi connectivity index (χ0n) is 9.46. The lowest BCUT2D eigenvalue weighted by atomic mass is 9.92. The van der Waals surface area contributed by atoms with E-state index in [0.717, 1.165) is 23.1 Å². The standard InChI is InChI=1S/C12H15BrN2O/c1-7-9-3-4-11(13)12(14)10(9)5-6-15(7)8(2)16/h3-4,7H,5-6,14H2,1-2H3. The molecule has 1 atom stereocenters. The number of fused-ring (bicyclic) bond motifs is 1. The first-order valence-electron chi connectivity index (χ1n) is 5.36. The molecule has 0 spiro atoms. The maximum atomic E-state index is 11.5. The van der Waals surface area contributed by atoms with Crippen LogP contribution in [0.3, 0.4) is 0 Å². The average molecular weight is 283 g/mol. The summed E-state index contributed by atoms with van der Waals surface area (Å²) in [4.78, 5) is 13.3. The lowest BCUT2D eigenvalue weighted by Crippen LogP contribution is -2.37. The summed E-state index contributed by atoms with van der Waals surface area (Å²) in [7, 11) is 0. The van der Waals surface area contributed by atoms with Crippen LogP contribution in [0.15, 0.2) is 16.6 Å². The fraction of sp³-hybridized carbons (Fsp3) is 0.417. The minimum atomic E-state index is 0.122. The van der Waals surface area contributed by atoms with Gasteiger partial charge in [-0.05, 0) is 46.5 Å². The Morgan fingerprint density at radius 2 is 2.25 bits per heavy atom. The second-order valence-corrected chi connectivity index (χ2v) is 5.02. The van der Waals surface area contributed by atoms with Gasteiger partial charge in [0, 0.05) is 23.6 Å². The Morgan fingerprint density at radius 3 is 2.88 bits per heavy atom. The summed E-state index contributed by atoms with van der Waals surface area (Å²) in [5.41, 5.74) is 9.20. The molecule has 4 heteroatoms. The Bertz CT molecular complexity index is 445. The second-order valence-electron chi connectivity index (χ2n) is 4.17. The maximum Gasteiger partial charge on any atom is 0.219 e. The normalized spacial score (nSPS) is 19.4. The molecule has 1 heterocycles. The van der Waals surface area contributed by atoms with E-state index in [9.17, 15) is 4.79 Å². The van der Waals surface area contributed by atoms with Gasteiger partial charge in [0.2, 0.25) is 5.91 Å². The van der Waals surface area contributed by atoms with Gasteiger partial charge in [0.05, 0.1) is 6.04 Å². The van der Waals surface area contributed by atoms with Crippen molar-refractivity contribution in [3.63, 3.8) is 0 Å². The molecule has 3 nitrogen and oxygen atoms in total. The minimum Gasteiger partial charge on any atom is -0.398 e. The highest BCUT2D eigenvalue weighted by atomic mass is 79.9. The van der Waals surface area contributed by atoms with Gasteiger partial charge in [-0.15, -0.1) is 0 Å². The smallest absolute Gasteiger partial charge is 0.219 e. The molecular weight excluding hydrogens is 268 g/mol. The van der Waals surface area contributed by atoms with Crippen molar-refractivity contribution in [2.45, 2.75) is 26.3 Å². The molecule has 0 aromatic heterocycles. The topological polar surface area (TPSA) is 46.3 Å². The molecule has 1 unspecified atom stereocenters. The van der Waals surface area contributed by atoms with Crippen LogP contribution >= 0.6 is 15.9 Å². The van der Waals surface area contributed by atoms with E-state index in [1.165, 1.54) is 11.1 Å². The third-order valence-electron chi connectivity index (χ3n) is 3.26. The number of nitrogens with zero attached hydrogens (tertiary/aromatic N) is 1. The van der Waals surface area contributed by atoms with Gasteiger partial charge in [-0.3, -0.25) is 4.79 Å². The average Bonchev–Trinajstić information content (AvgIpc) is 2.23. The SMILES string of the molecule is CC(=O)N1CCc2c(ccc(Br)c2N)C1C. The Hall–Kier alpha value is -1.03. The van der Waals surface area contributed by atoms with Crippen molar-refractivity contribution in [3.8, 4) is 0 Å². The molecule has 0 aliphatic carbocycles. The summed E-state index contributed by atoms with van der Waals surface area (Å²) in [6.45, 7) is 4.42. The lowest BCUT2D eigenvalue weighted by molar-refractivity contribution is -0.131. The summed E-state index contributed by atoms with van der Waals surface area (Å²) in [5.74, 6) is 0.125. The highest BCUT2D eigenvalue weighted by molar-refractivity contribution is 9.10. The van der Waals surface area contributed by atoms with E-state index < -0.39 is 0 Å². The number of hydrogen-bond donors (Lipinski definition) is 1. The maximum absolute atomic E-state index is 11.5. The van der Waals surface area contributed by atoms with Crippen molar-refractivity contribution in [1.29, 1.82) is 0 Å². The molecule has 0 saturated carbocycles. The molecule has 1 aliphatic rings. The predicted molar refractivity (Wildman–Crippen MR) is 68.1 cm³/mol. The van der Waals surface area contributed by atoms with E-state index in [2.05, 4.69) is 22.0 Å². The number of halogens is 1. The van der Waals surface area contributed by atoms with Gasteiger partial charge < -0.3 is 10.6 Å². The molecule has 1 amide bonds. The molecule has 0 saturated heterocycles. The van der Waals surface area contributed by atoms with Crippen LogP contribution in [0.25, 0.3) is 0 Å². The van der Waals surface area contributed by atoms with Crippen molar-refractivity contribution in [3.05, 3.63) is 27.7 Å². The monoisotopic (exact) mass is 282 g/mol. The van der Waals surface area contributed by atoms with E-state index in [1.807, 2.05) is 17.9 Å². The molecule has 2 N–H and O–H groups in total. The van der Waals surface area contributed by atoms with E-state index >= 15 is 0 Å². The van der Waals surface area contributed by atoms with Crippen LogP contribution in [0.5, 0.6) is 0 Å². The fourth-order valence-corrected chi connectivity index (χ4v) is 2.72. The molecular formula is C12H15BrN2O. The first kappa shape index (κ1) is 11.5. The van der Waals surface area contributed by atoms with Gasteiger partial charge in [0.25, 0.3) is 0 Å². The van der Waals surface area contributed by atoms with Gasteiger partial charge >= 0.3 is 0 Å². The van der Waals surface area contributed by atoms with Gasteiger partial charge in [0.15, 0.2) is 0 Å². The molecule has 1 aliphatic heterocycles. The van der Waals surface area contributed by atoms with E-state index in [-0.39, 0.29) is 11.9 Å². The molecule has 2 rings (SSSR count). The summed E-state index contributed by atoms with van der Waals surface area (Å²) >= 11 is 3.43. The Balaban J connectivity index is 2.47. The first-order chi connectivity index (χ1) is 7.52. The second kappa shape index (κ2) is 4.09. The van der Waals surface area contributed by atoms with Crippen molar-refractivity contribution in [2.24, 2.45) is 0 Å². The number of carbonyl (C=O) groups is 1. The van der Waals surface area contributed by atoms with Gasteiger partial charge in [-0.2, -0.15) is 0 Å². The van der Waals surface area contributed by atoms with Crippen molar-refractivity contribution in [1.82, 2.24) is 4.90 Å². The minimum absolute atomic E-state index is 0.122. The third kappa shape index (κ3) is 1.71. The summed E-state index contributed by atoms with van der Waals surface area (Å²) < 4.78 is 0.940. The fourth-order valence-electron chi connectivity index (χ4n) is 2.35. The Labute approximate surface area is 104 Å². The number of amides is 1. The summed E-state index contributed by atoms with van der Waals surface area (Å²) in [5, 5.41) is 0. The van der Waals surface area contributed by atoms with E-state index in [4.69, 9.17) is 5.73 Å². The summed E-state index contributed by atoms with van der Waals surface area (Å²) in [6.07, 6.45) is 0.838. The van der Waals surface area contributed by atoms with Crippen LogP contribution in [-0.2, 0) is 11.2 Å². The largest absolute Gasteiger partial charge is 0.398 e. The number of carbonyl (C=O) groups excluding carboxylic acids is 1. The number of anilines is 1. The van der Waals surface area contributed by atoms with Crippen molar-refractivity contribution < 1.29 is 4.79 Å². The lowest BCUT2D eigenvalue weighted by Gasteiger charge is -2.35. The van der Waals surface area contributed by atoms with Gasteiger partial charge in [-0.1, -0.05) is 6.07 Å². The molecule has 86 valence electrons. The molecule has 0 bridgehead atoms. The van der Waals surface area contributed by atoms with Gasteiger partial charge in [-0.25, -0.2) is 0 Å². The molecule has 16 heavy (non-hydrogen) atoms.